The third kappa shape index (κ3) is 11.6. The van der Waals surface area contributed by atoms with Crippen molar-refractivity contribution in [3.63, 3.8) is 0 Å². The lowest BCUT2D eigenvalue weighted by atomic mass is 9.98. The number of methoxy groups -OCH3 is 1. The Morgan fingerprint density at radius 1 is 0.870 bits per heavy atom. The maximum absolute atomic E-state index is 14.0. The van der Waals surface area contributed by atoms with Crippen molar-refractivity contribution in [2.24, 2.45) is 0 Å². The molecule has 0 bridgehead atoms. The number of rotatable bonds is 17. The number of anilines is 1. The van der Waals surface area contributed by atoms with Gasteiger partial charge in [0.2, 0.25) is 10.0 Å². The van der Waals surface area contributed by atoms with Gasteiger partial charge in [-0.1, -0.05) is 72.8 Å². The number of aliphatic hydroxyl groups excluding tert-OH is 1. The Kier molecular flexibility index (Phi) is 14.2. The molecule has 0 saturated carbocycles. The van der Waals surface area contributed by atoms with Crippen molar-refractivity contribution in [1.29, 1.82) is 0 Å². The lowest BCUT2D eigenvalue weighted by Gasteiger charge is -2.38. The summed E-state index contributed by atoms with van der Waals surface area (Å²) >= 11 is 0. The standard InChI is InChI=1S/C42H53N5O6S/c1-5-54(51,52)45-36-26-34(41(49)43-30(2)33-16-10-7-11-17-33)25-35(27-36)42(50)44-39(24-31-13-8-6-9-14-31)40(48)29-46(3)37-19-21-47(22-20-37)28-32-15-12-18-38(23-32)53-4/h6-18,23,25-27,30,37,39-40,45,48H,5,19-22,24,28-29H2,1-4H3,(H,43,49)(H,44,50)/t30-,39+,40-/m1/s1. The largest absolute Gasteiger partial charge is 0.497 e. The molecule has 1 aliphatic heterocycles. The zero-order valence-corrected chi connectivity index (χ0v) is 32.4. The van der Waals surface area contributed by atoms with Crippen LogP contribution in [0.15, 0.2) is 103 Å². The molecule has 5 rings (SSSR count). The zero-order chi connectivity index (χ0) is 38.7. The van der Waals surface area contributed by atoms with Crippen molar-refractivity contribution >= 4 is 27.5 Å². The number of sulfonamides is 1. The number of benzene rings is 4. The van der Waals surface area contributed by atoms with E-state index in [-0.39, 0.29) is 34.7 Å². The topological polar surface area (TPSA) is 140 Å². The van der Waals surface area contributed by atoms with Gasteiger partial charge in [0.1, 0.15) is 5.75 Å². The Labute approximate surface area is 319 Å². The first-order chi connectivity index (χ1) is 25.9. The molecule has 0 aliphatic carbocycles. The third-order valence-corrected chi connectivity index (χ3v) is 11.3. The summed E-state index contributed by atoms with van der Waals surface area (Å²) in [6.45, 7) is 6.38. The quantitative estimate of drug-likeness (QED) is 0.115. The maximum atomic E-state index is 14.0. The van der Waals surface area contributed by atoms with E-state index < -0.39 is 34.0 Å². The summed E-state index contributed by atoms with van der Waals surface area (Å²) < 4.78 is 33.0. The number of likely N-dealkylation sites (tertiary alicyclic amines) is 1. The highest BCUT2D eigenvalue weighted by atomic mass is 32.2. The Hall–Kier alpha value is -4.75. The average Bonchev–Trinajstić information content (AvgIpc) is 3.18. The third-order valence-electron chi connectivity index (χ3n) is 10.0. The van der Waals surface area contributed by atoms with E-state index in [9.17, 15) is 23.1 Å². The first-order valence-corrected chi connectivity index (χ1v) is 20.2. The van der Waals surface area contributed by atoms with E-state index in [0.717, 1.165) is 49.4 Å². The van der Waals surface area contributed by atoms with Gasteiger partial charge in [0.05, 0.1) is 36.7 Å². The number of carbonyl (C=O) groups is 2. The van der Waals surface area contributed by atoms with Gasteiger partial charge in [0, 0.05) is 30.3 Å². The fourth-order valence-electron chi connectivity index (χ4n) is 6.83. The smallest absolute Gasteiger partial charge is 0.251 e. The second kappa shape index (κ2) is 19.0. The molecular weight excluding hydrogens is 703 g/mol. The van der Waals surface area contributed by atoms with Crippen LogP contribution in [-0.2, 0) is 23.0 Å². The Balaban J connectivity index is 1.30. The Bertz CT molecular complexity index is 1940. The number of amides is 2. The summed E-state index contributed by atoms with van der Waals surface area (Å²) in [6, 6.07) is 30.8. The van der Waals surface area contributed by atoms with Crippen LogP contribution in [0.25, 0.3) is 0 Å². The summed E-state index contributed by atoms with van der Waals surface area (Å²) in [4.78, 5) is 32.1. The molecule has 1 saturated heterocycles. The fourth-order valence-corrected chi connectivity index (χ4v) is 7.45. The van der Waals surface area contributed by atoms with Gasteiger partial charge in [-0.25, -0.2) is 8.42 Å². The molecule has 4 N–H and O–H groups in total. The number of nitrogens with one attached hydrogen (secondary N) is 3. The minimum atomic E-state index is -3.71. The molecular formula is C42H53N5O6S. The molecule has 4 aromatic rings. The molecule has 54 heavy (non-hydrogen) atoms. The number of hydrogen-bond acceptors (Lipinski definition) is 8. The van der Waals surface area contributed by atoms with E-state index in [4.69, 9.17) is 4.74 Å². The lowest BCUT2D eigenvalue weighted by Crippen LogP contribution is -2.52. The van der Waals surface area contributed by atoms with Gasteiger partial charge in [-0.15, -0.1) is 0 Å². The number of nitrogens with zero attached hydrogens (tertiary/aromatic N) is 2. The van der Waals surface area contributed by atoms with Crippen LogP contribution < -0.4 is 20.1 Å². The molecule has 2 amide bonds. The van der Waals surface area contributed by atoms with Crippen molar-refractivity contribution in [3.8, 4) is 5.75 Å². The van der Waals surface area contributed by atoms with E-state index in [1.807, 2.05) is 86.8 Å². The molecule has 1 fully saturated rings. The number of aliphatic hydroxyl groups is 1. The van der Waals surface area contributed by atoms with Crippen molar-refractivity contribution < 1.29 is 27.9 Å². The van der Waals surface area contributed by atoms with E-state index in [1.165, 1.54) is 30.7 Å². The van der Waals surface area contributed by atoms with Gasteiger partial charge < -0.3 is 25.4 Å². The summed E-state index contributed by atoms with van der Waals surface area (Å²) in [5.41, 5.74) is 3.35. The molecule has 1 heterocycles. The highest BCUT2D eigenvalue weighted by Crippen LogP contribution is 2.22. The second-order valence-electron chi connectivity index (χ2n) is 14.0. The van der Waals surface area contributed by atoms with Crippen molar-refractivity contribution in [2.45, 2.75) is 63.9 Å². The number of piperidine rings is 1. The molecule has 0 spiro atoms. The number of ether oxygens (including phenoxy) is 1. The normalized spacial score (nSPS) is 15.6. The maximum Gasteiger partial charge on any atom is 0.251 e. The van der Waals surface area contributed by atoms with Crippen LogP contribution in [0.3, 0.4) is 0 Å². The summed E-state index contributed by atoms with van der Waals surface area (Å²) in [7, 11) is -0.0283. The minimum Gasteiger partial charge on any atom is -0.497 e. The van der Waals surface area contributed by atoms with Gasteiger partial charge in [-0.3, -0.25) is 19.2 Å². The summed E-state index contributed by atoms with van der Waals surface area (Å²) in [5.74, 6) is -0.335. The highest BCUT2D eigenvalue weighted by Gasteiger charge is 2.29. The van der Waals surface area contributed by atoms with E-state index >= 15 is 0 Å². The van der Waals surface area contributed by atoms with E-state index in [0.29, 0.717) is 13.0 Å². The highest BCUT2D eigenvalue weighted by molar-refractivity contribution is 7.92. The zero-order valence-electron chi connectivity index (χ0n) is 31.6. The first kappa shape index (κ1) is 40.4. The Morgan fingerprint density at radius 3 is 2.11 bits per heavy atom. The van der Waals surface area contributed by atoms with Crippen molar-refractivity contribution in [1.82, 2.24) is 20.4 Å². The number of carbonyl (C=O) groups excluding carboxylic acids is 2. The predicted molar refractivity (Wildman–Crippen MR) is 213 cm³/mol. The van der Waals surface area contributed by atoms with Gasteiger partial charge in [-0.2, -0.15) is 0 Å². The molecule has 0 unspecified atom stereocenters. The van der Waals surface area contributed by atoms with Crippen molar-refractivity contribution in [3.05, 3.63) is 131 Å². The Morgan fingerprint density at radius 2 is 1.48 bits per heavy atom. The van der Waals surface area contributed by atoms with Crippen LogP contribution in [0, 0.1) is 0 Å². The summed E-state index contributed by atoms with van der Waals surface area (Å²) in [5, 5.41) is 17.7. The second-order valence-corrected chi connectivity index (χ2v) is 16.1. The van der Waals surface area contributed by atoms with Gasteiger partial charge in [0.25, 0.3) is 11.8 Å². The predicted octanol–water partition coefficient (Wildman–Crippen LogP) is 5.25. The monoisotopic (exact) mass is 755 g/mol. The fraction of sp³-hybridized carbons (Fsp3) is 0.381. The van der Waals surface area contributed by atoms with Crippen LogP contribution in [0.5, 0.6) is 5.75 Å². The molecule has 11 nitrogen and oxygen atoms in total. The first-order valence-electron chi connectivity index (χ1n) is 18.5. The molecule has 0 radical (unpaired) electrons. The molecule has 0 aromatic heterocycles. The molecule has 3 atom stereocenters. The van der Waals surface area contributed by atoms with Crippen molar-refractivity contribution in [2.75, 3.05) is 44.3 Å². The molecule has 288 valence electrons. The van der Waals surface area contributed by atoms with Gasteiger partial charge in [-0.05, 0) is 100 Å². The summed E-state index contributed by atoms with van der Waals surface area (Å²) in [6.07, 6.45) is 1.32. The van der Waals surface area contributed by atoms with E-state index in [2.05, 4.69) is 37.3 Å². The number of hydrogen-bond donors (Lipinski definition) is 4. The van der Waals surface area contributed by atoms with Crippen LogP contribution in [-0.4, -0.2) is 92.9 Å². The van der Waals surface area contributed by atoms with Gasteiger partial charge >= 0.3 is 0 Å². The van der Waals surface area contributed by atoms with Crippen LogP contribution in [0.2, 0.25) is 0 Å². The minimum absolute atomic E-state index is 0.0887. The van der Waals surface area contributed by atoms with Crippen LogP contribution in [0.1, 0.15) is 70.1 Å². The molecule has 4 aromatic carbocycles. The van der Waals surface area contributed by atoms with E-state index in [1.54, 1.807) is 7.11 Å². The lowest BCUT2D eigenvalue weighted by molar-refractivity contribution is 0.0493. The SMILES string of the molecule is CCS(=O)(=O)Nc1cc(C(=O)N[C@@H](Cc2ccccc2)[C@H](O)CN(C)C2CCN(Cc3cccc(OC)c3)CC2)cc(C(=O)N[C@H](C)c2ccccc2)c1. The molecule has 12 heteroatoms. The average molecular weight is 756 g/mol. The molecule has 1 aliphatic rings. The van der Waals surface area contributed by atoms with Crippen LogP contribution >= 0.6 is 0 Å². The van der Waals surface area contributed by atoms with Gasteiger partial charge in [0.15, 0.2) is 0 Å². The number of likely N-dealkylation sites (N-methyl/N-ethyl adjacent to an activating group) is 1. The van der Waals surface area contributed by atoms with Crippen LogP contribution in [0.4, 0.5) is 5.69 Å².